The van der Waals surface area contributed by atoms with Gasteiger partial charge in [0.05, 0.1) is 5.69 Å². The zero-order chi connectivity index (χ0) is 11.7. The Labute approximate surface area is 106 Å². The Morgan fingerprint density at radius 1 is 1.44 bits per heavy atom. The van der Waals surface area contributed by atoms with Crippen molar-refractivity contribution in [3.05, 3.63) is 22.7 Å². The van der Waals surface area contributed by atoms with Crippen LogP contribution >= 0.6 is 15.9 Å². The highest BCUT2D eigenvalue weighted by molar-refractivity contribution is 9.10. The van der Waals surface area contributed by atoms with Crippen molar-refractivity contribution in [2.75, 3.05) is 17.2 Å². The lowest BCUT2D eigenvalue weighted by atomic mass is 10.1. The van der Waals surface area contributed by atoms with Gasteiger partial charge in [0.25, 0.3) is 0 Å². The smallest absolute Gasteiger partial charge is 0.0514 e. The first-order chi connectivity index (χ1) is 7.58. The van der Waals surface area contributed by atoms with Crippen LogP contribution < -0.4 is 10.6 Å². The van der Waals surface area contributed by atoms with Gasteiger partial charge in [0.15, 0.2) is 0 Å². The maximum Gasteiger partial charge on any atom is 0.0514 e. The molecule has 1 fully saturated rings. The number of benzene rings is 1. The van der Waals surface area contributed by atoms with E-state index in [9.17, 15) is 0 Å². The van der Waals surface area contributed by atoms with Crippen molar-refractivity contribution >= 4 is 27.3 Å². The van der Waals surface area contributed by atoms with Crippen molar-refractivity contribution in [1.29, 1.82) is 0 Å². The molecule has 0 saturated heterocycles. The van der Waals surface area contributed by atoms with E-state index >= 15 is 0 Å². The van der Waals surface area contributed by atoms with E-state index in [1.165, 1.54) is 18.5 Å². The quantitative estimate of drug-likeness (QED) is 0.854. The zero-order valence-corrected chi connectivity index (χ0v) is 11.5. The van der Waals surface area contributed by atoms with Gasteiger partial charge in [-0.3, -0.25) is 0 Å². The fourth-order valence-electron chi connectivity index (χ4n) is 1.98. The van der Waals surface area contributed by atoms with Gasteiger partial charge < -0.3 is 10.6 Å². The Hall–Kier alpha value is -0.700. The standard InChI is InChI=1S/C13H19BrN2/c1-9(2)8-16(11-4-5-11)13-6-3-10(15)7-12(13)14/h3,6-7,9,11H,4-5,8,15H2,1-2H3. The predicted molar refractivity (Wildman–Crippen MR) is 73.8 cm³/mol. The second kappa shape index (κ2) is 4.66. The third kappa shape index (κ3) is 2.70. The first kappa shape index (κ1) is 11.8. The van der Waals surface area contributed by atoms with Crippen molar-refractivity contribution in [2.24, 2.45) is 5.92 Å². The molecule has 88 valence electrons. The Balaban J connectivity index is 2.24. The van der Waals surface area contributed by atoms with Gasteiger partial charge >= 0.3 is 0 Å². The van der Waals surface area contributed by atoms with Crippen LogP contribution in [-0.4, -0.2) is 12.6 Å². The summed E-state index contributed by atoms with van der Waals surface area (Å²) in [6, 6.07) is 6.84. The maximum atomic E-state index is 5.77. The summed E-state index contributed by atoms with van der Waals surface area (Å²) in [4.78, 5) is 2.51. The summed E-state index contributed by atoms with van der Waals surface area (Å²) >= 11 is 3.61. The summed E-state index contributed by atoms with van der Waals surface area (Å²) in [5.74, 6) is 0.685. The van der Waals surface area contributed by atoms with Gasteiger partial charge in [-0.15, -0.1) is 0 Å². The molecule has 0 aliphatic heterocycles. The van der Waals surface area contributed by atoms with Crippen LogP contribution in [0.15, 0.2) is 22.7 Å². The molecular weight excluding hydrogens is 264 g/mol. The predicted octanol–water partition coefficient (Wildman–Crippen LogP) is 3.66. The molecule has 0 spiro atoms. The van der Waals surface area contributed by atoms with Crippen LogP contribution in [0.5, 0.6) is 0 Å². The van der Waals surface area contributed by atoms with Crippen LogP contribution in [-0.2, 0) is 0 Å². The Kier molecular flexibility index (Phi) is 3.43. The Morgan fingerprint density at radius 2 is 2.12 bits per heavy atom. The molecule has 1 aliphatic rings. The summed E-state index contributed by atoms with van der Waals surface area (Å²) in [6.45, 7) is 5.65. The van der Waals surface area contributed by atoms with Crippen molar-refractivity contribution in [1.82, 2.24) is 0 Å². The molecule has 0 unspecified atom stereocenters. The largest absolute Gasteiger partial charge is 0.399 e. The number of nitrogens with two attached hydrogens (primary N) is 1. The molecule has 1 aromatic rings. The number of hydrogen-bond donors (Lipinski definition) is 1. The van der Waals surface area contributed by atoms with Crippen LogP contribution in [0.3, 0.4) is 0 Å². The van der Waals surface area contributed by atoms with Crippen LogP contribution in [0, 0.1) is 5.92 Å². The lowest BCUT2D eigenvalue weighted by Gasteiger charge is -2.27. The van der Waals surface area contributed by atoms with Gasteiger partial charge in [-0.05, 0) is 52.9 Å². The highest BCUT2D eigenvalue weighted by Crippen LogP contribution is 2.37. The summed E-state index contributed by atoms with van der Waals surface area (Å²) < 4.78 is 1.11. The van der Waals surface area contributed by atoms with Gasteiger partial charge in [0.1, 0.15) is 0 Å². The summed E-state index contributed by atoms with van der Waals surface area (Å²) in [5.41, 5.74) is 7.87. The van der Waals surface area contributed by atoms with Crippen molar-refractivity contribution in [3.8, 4) is 0 Å². The number of halogens is 1. The van der Waals surface area contributed by atoms with Crippen LogP contribution in [0.4, 0.5) is 11.4 Å². The van der Waals surface area contributed by atoms with E-state index in [4.69, 9.17) is 5.73 Å². The SMILES string of the molecule is CC(C)CN(c1ccc(N)cc1Br)C1CC1. The summed E-state index contributed by atoms with van der Waals surface area (Å²) in [7, 11) is 0. The van der Waals surface area contributed by atoms with Crippen molar-refractivity contribution in [3.63, 3.8) is 0 Å². The van der Waals surface area contributed by atoms with Crippen LogP contribution in [0.1, 0.15) is 26.7 Å². The number of anilines is 2. The molecule has 3 heteroatoms. The summed E-state index contributed by atoms with van der Waals surface area (Å²) in [5, 5.41) is 0. The monoisotopic (exact) mass is 282 g/mol. The average Bonchev–Trinajstić information content (AvgIpc) is 2.97. The average molecular weight is 283 g/mol. The highest BCUT2D eigenvalue weighted by atomic mass is 79.9. The second-order valence-corrected chi connectivity index (χ2v) is 5.84. The van der Waals surface area contributed by atoms with Gasteiger partial charge in [0.2, 0.25) is 0 Å². The fraction of sp³-hybridized carbons (Fsp3) is 0.538. The van der Waals surface area contributed by atoms with E-state index in [1.54, 1.807) is 0 Å². The molecule has 0 aromatic heterocycles. The topological polar surface area (TPSA) is 29.3 Å². The molecule has 2 nitrogen and oxygen atoms in total. The first-order valence-corrected chi connectivity index (χ1v) is 6.69. The van der Waals surface area contributed by atoms with Gasteiger partial charge in [0, 0.05) is 22.7 Å². The highest BCUT2D eigenvalue weighted by Gasteiger charge is 2.30. The minimum absolute atomic E-state index is 0.685. The number of nitrogens with zero attached hydrogens (tertiary/aromatic N) is 1. The van der Waals surface area contributed by atoms with E-state index in [2.05, 4.69) is 40.7 Å². The number of nitrogen functional groups attached to an aromatic ring is 1. The minimum atomic E-state index is 0.685. The molecule has 16 heavy (non-hydrogen) atoms. The van der Waals surface area contributed by atoms with E-state index in [0.717, 1.165) is 22.7 Å². The zero-order valence-electron chi connectivity index (χ0n) is 9.91. The van der Waals surface area contributed by atoms with Crippen molar-refractivity contribution < 1.29 is 0 Å². The molecular formula is C13H19BrN2. The summed E-state index contributed by atoms with van der Waals surface area (Å²) in [6.07, 6.45) is 2.65. The third-order valence-corrected chi connectivity index (χ3v) is 3.47. The molecule has 0 bridgehead atoms. The Morgan fingerprint density at radius 3 is 2.62 bits per heavy atom. The van der Waals surface area contributed by atoms with Gasteiger partial charge in [-0.2, -0.15) is 0 Å². The molecule has 0 heterocycles. The van der Waals surface area contributed by atoms with E-state index in [-0.39, 0.29) is 0 Å². The molecule has 1 saturated carbocycles. The molecule has 0 amide bonds. The van der Waals surface area contributed by atoms with Gasteiger partial charge in [-0.1, -0.05) is 13.8 Å². The first-order valence-electron chi connectivity index (χ1n) is 5.89. The third-order valence-electron chi connectivity index (χ3n) is 2.83. The molecule has 0 radical (unpaired) electrons. The van der Waals surface area contributed by atoms with Crippen molar-refractivity contribution in [2.45, 2.75) is 32.7 Å². The molecule has 1 aromatic carbocycles. The molecule has 2 N–H and O–H groups in total. The van der Waals surface area contributed by atoms with E-state index in [1.807, 2.05) is 12.1 Å². The second-order valence-electron chi connectivity index (χ2n) is 4.99. The fourth-order valence-corrected chi connectivity index (χ4v) is 2.60. The molecule has 0 atom stereocenters. The molecule has 2 rings (SSSR count). The lowest BCUT2D eigenvalue weighted by molar-refractivity contribution is 0.607. The van der Waals surface area contributed by atoms with E-state index in [0.29, 0.717) is 5.92 Å². The normalized spacial score (nSPS) is 15.5. The number of hydrogen-bond acceptors (Lipinski definition) is 2. The van der Waals surface area contributed by atoms with Crippen LogP contribution in [0.2, 0.25) is 0 Å². The Bertz CT molecular complexity index is 372. The van der Waals surface area contributed by atoms with Crippen LogP contribution in [0.25, 0.3) is 0 Å². The molecule has 1 aliphatic carbocycles. The van der Waals surface area contributed by atoms with Gasteiger partial charge in [-0.25, -0.2) is 0 Å². The number of rotatable bonds is 4. The maximum absolute atomic E-state index is 5.77. The lowest BCUT2D eigenvalue weighted by Crippen LogP contribution is -2.30. The minimum Gasteiger partial charge on any atom is -0.399 e. The van der Waals surface area contributed by atoms with E-state index < -0.39 is 0 Å².